The molecule has 0 unspecified atom stereocenters. The molecule has 0 bridgehead atoms. The Morgan fingerprint density at radius 2 is 1.55 bits per heavy atom. The number of esters is 1. The van der Waals surface area contributed by atoms with Crippen molar-refractivity contribution in [3.8, 4) is 33.9 Å². The molecule has 198 valence electrons. The van der Waals surface area contributed by atoms with Gasteiger partial charge in [-0.3, -0.25) is 4.79 Å². The van der Waals surface area contributed by atoms with Crippen molar-refractivity contribution < 1.29 is 23.1 Å². The smallest absolute Gasteiger partial charge is 0.348 e. The van der Waals surface area contributed by atoms with Crippen LogP contribution in [-0.4, -0.2) is 12.6 Å². The first-order chi connectivity index (χ1) is 19.4. The van der Waals surface area contributed by atoms with Crippen LogP contribution in [0.3, 0.4) is 0 Å². The molecule has 6 aromatic rings. The molecule has 0 aliphatic heterocycles. The molecule has 0 spiro atoms. The third-order valence-electron chi connectivity index (χ3n) is 6.59. The topological polar surface area (TPSA) is 78.9 Å². The summed E-state index contributed by atoms with van der Waals surface area (Å²) in [6, 6.07) is 27.0. The van der Waals surface area contributed by atoms with E-state index in [9.17, 15) is 9.59 Å². The molecule has 6 nitrogen and oxygen atoms in total. The van der Waals surface area contributed by atoms with Crippen molar-refractivity contribution >= 4 is 43.8 Å². The fourth-order valence-corrected chi connectivity index (χ4v) is 5.05. The van der Waals surface area contributed by atoms with E-state index < -0.39 is 5.97 Å². The van der Waals surface area contributed by atoms with Crippen LogP contribution in [0.25, 0.3) is 44.4 Å². The van der Waals surface area contributed by atoms with Crippen LogP contribution in [0.5, 0.6) is 11.5 Å². The monoisotopic (exact) mass is 594 g/mol. The van der Waals surface area contributed by atoms with E-state index in [0.717, 1.165) is 15.6 Å². The summed E-state index contributed by atoms with van der Waals surface area (Å²) in [6.45, 7) is 4.13. The normalized spacial score (nSPS) is 11.2. The highest BCUT2D eigenvalue weighted by Gasteiger charge is 2.25. The highest BCUT2D eigenvalue weighted by molar-refractivity contribution is 9.10. The zero-order valence-corrected chi connectivity index (χ0v) is 23.3. The van der Waals surface area contributed by atoms with Gasteiger partial charge in [-0.05, 0) is 61.9 Å². The van der Waals surface area contributed by atoms with Crippen molar-refractivity contribution in [2.45, 2.75) is 13.8 Å². The maximum absolute atomic E-state index is 13.7. The quantitative estimate of drug-likeness (QED) is 0.142. The van der Waals surface area contributed by atoms with Crippen LogP contribution in [-0.2, 0) is 0 Å². The number of benzene rings is 4. The Balaban J connectivity index is 1.41. The number of carbonyl (C=O) groups excluding carboxylic acids is 1. The molecule has 0 amide bonds. The van der Waals surface area contributed by atoms with E-state index in [0.29, 0.717) is 51.4 Å². The molecular formula is C33H23BrO6. The predicted molar refractivity (Wildman–Crippen MR) is 158 cm³/mol. The number of ether oxygens (including phenoxy) is 2. The fraction of sp³-hybridized carbons (Fsp3) is 0.0909. The molecule has 2 aromatic heterocycles. The average Bonchev–Trinajstić information content (AvgIpc) is 3.34. The van der Waals surface area contributed by atoms with Crippen molar-refractivity contribution in [2.75, 3.05) is 6.61 Å². The van der Waals surface area contributed by atoms with Crippen LogP contribution < -0.4 is 14.9 Å². The van der Waals surface area contributed by atoms with E-state index in [1.165, 1.54) is 0 Å². The molecule has 0 saturated carbocycles. The van der Waals surface area contributed by atoms with Crippen LogP contribution in [0.4, 0.5) is 0 Å². The van der Waals surface area contributed by atoms with E-state index in [1.54, 1.807) is 43.3 Å². The van der Waals surface area contributed by atoms with Gasteiger partial charge >= 0.3 is 5.97 Å². The molecule has 40 heavy (non-hydrogen) atoms. The van der Waals surface area contributed by atoms with E-state index in [1.807, 2.05) is 61.5 Å². The second kappa shape index (κ2) is 10.5. The Labute approximate surface area is 237 Å². The van der Waals surface area contributed by atoms with Gasteiger partial charge in [-0.2, -0.15) is 0 Å². The molecule has 0 fully saturated rings. The lowest BCUT2D eigenvalue weighted by Crippen LogP contribution is -2.10. The van der Waals surface area contributed by atoms with Crippen LogP contribution in [0, 0.1) is 6.92 Å². The minimum atomic E-state index is -0.601. The van der Waals surface area contributed by atoms with Gasteiger partial charge in [0, 0.05) is 21.5 Å². The first kappa shape index (κ1) is 25.6. The van der Waals surface area contributed by atoms with Gasteiger partial charge in [-0.1, -0.05) is 58.4 Å². The number of furan rings is 1. The number of fused-ring (bicyclic) bond motifs is 2. The third-order valence-corrected chi connectivity index (χ3v) is 7.12. The minimum absolute atomic E-state index is 0.158. The summed E-state index contributed by atoms with van der Waals surface area (Å²) in [4.78, 5) is 27.1. The van der Waals surface area contributed by atoms with E-state index in [4.69, 9.17) is 18.3 Å². The van der Waals surface area contributed by atoms with Gasteiger partial charge in [0.2, 0.25) is 5.43 Å². The third kappa shape index (κ3) is 4.69. The molecule has 2 heterocycles. The van der Waals surface area contributed by atoms with Gasteiger partial charge in [0.25, 0.3) is 0 Å². The van der Waals surface area contributed by atoms with Gasteiger partial charge in [0.05, 0.1) is 17.6 Å². The van der Waals surface area contributed by atoms with E-state index in [-0.39, 0.29) is 16.7 Å². The van der Waals surface area contributed by atoms with Crippen molar-refractivity contribution in [3.05, 3.63) is 117 Å². The summed E-state index contributed by atoms with van der Waals surface area (Å²) in [5, 5.41) is 0.973. The van der Waals surface area contributed by atoms with Crippen molar-refractivity contribution in [1.82, 2.24) is 0 Å². The number of hydrogen-bond donors (Lipinski definition) is 0. The van der Waals surface area contributed by atoms with Crippen molar-refractivity contribution in [3.63, 3.8) is 0 Å². The van der Waals surface area contributed by atoms with E-state index in [2.05, 4.69) is 15.9 Å². The van der Waals surface area contributed by atoms with Gasteiger partial charge in [-0.15, -0.1) is 0 Å². The second-order valence-corrected chi connectivity index (χ2v) is 10.1. The van der Waals surface area contributed by atoms with Gasteiger partial charge in [0.1, 0.15) is 39.7 Å². The lowest BCUT2D eigenvalue weighted by molar-refractivity contribution is 0.0737. The molecule has 6 rings (SSSR count). The maximum Gasteiger partial charge on any atom is 0.348 e. The van der Waals surface area contributed by atoms with Crippen LogP contribution in [0.2, 0.25) is 0 Å². The number of rotatable bonds is 6. The first-order valence-corrected chi connectivity index (χ1v) is 13.5. The highest BCUT2D eigenvalue weighted by atomic mass is 79.9. The Hall–Kier alpha value is -4.62. The maximum atomic E-state index is 13.7. The molecule has 0 aliphatic rings. The molecule has 0 N–H and O–H groups in total. The zero-order valence-electron chi connectivity index (χ0n) is 21.7. The second-order valence-electron chi connectivity index (χ2n) is 9.18. The average molecular weight is 595 g/mol. The van der Waals surface area contributed by atoms with Crippen LogP contribution >= 0.6 is 15.9 Å². The Morgan fingerprint density at radius 3 is 2.30 bits per heavy atom. The summed E-state index contributed by atoms with van der Waals surface area (Å²) in [6.07, 6.45) is 0. The Bertz CT molecular complexity index is 1930. The lowest BCUT2D eigenvalue weighted by atomic mass is 10.0. The minimum Gasteiger partial charge on any atom is -0.494 e. The molecular weight excluding hydrogens is 572 g/mol. The standard InChI is InChI=1S/C33H23BrO6/c1-3-37-23-14-16-27-26(17-23)30(32(40-27)21-7-5-4-6-8-21)33(36)39-24-13-15-25-28(18-24)38-19(2)29(31(25)35)20-9-11-22(34)12-10-20/h4-18H,3H2,1-2H3. The largest absolute Gasteiger partial charge is 0.494 e. The summed E-state index contributed by atoms with van der Waals surface area (Å²) in [5.74, 6) is 1.13. The summed E-state index contributed by atoms with van der Waals surface area (Å²) in [5.41, 5.74) is 2.98. The molecule has 7 heteroatoms. The molecule has 0 aliphatic carbocycles. The number of hydrogen-bond acceptors (Lipinski definition) is 6. The van der Waals surface area contributed by atoms with Gasteiger partial charge in [0.15, 0.2) is 0 Å². The van der Waals surface area contributed by atoms with Crippen molar-refractivity contribution in [1.29, 1.82) is 0 Å². The molecule has 4 aromatic carbocycles. The SMILES string of the molecule is CCOc1ccc2oc(-c3ccccc3)c(C(=O)Oc3ccc4c(=O)c(-c5ccc(Br)cc5)c(C)oc4c3)c2c1. The molecule has 0 atom stereocenters. The zero-order chi connectivity index (χ0) is 27.8. The molecule has 0 radical (unpaired) electrons. The van der Waals surface area contributed by atoms with Gasteiger partial charge in [-0.25, -0.2) is 4.79 Å². The summed E-state index contributed by atoms with van der Waals surface area (Å²) in [7, 11) is 0. The van der Waals surface area contributed by atoms with Crippen molar-refractivity contribution in [2.24, 2.45) is 0 Å². The Kier molecular flexibility index (Phi) is 6.74. The van der Waals surface area contributed by atoms with E-state index >= 15 is 0 Å². The van der Waals surface area contributed by atoms with Crippen LogP contribution in [0.15, 0.2) is 109 Å². The number of aryl methyl sites for hydroxylation is 1. The van der Waals surface area contributed by atoms with Crippen LogP contribution in [0.1, 0.15) is 23.0 Å². The predicted octanol–water partition coefficient (Wildman–Crippen LogP) is 8.56. The number of carbonyl (C=O) groups is 1. The summed E-state index contributed by atoms with van der Waals surface area (Å²) >= 11 is 3.42. The lowest BCUT2D eigenvalue weighted by Gasteiger charge is -2.09. The number of halogens is 1. The first-order valence-electron chi connectivity index (χ1n) is 12.7. The Morgan fingerprint density at radius 1 is 0.800 bits per heavy atom. The summed E-state index contributed by atoms with van der Waals surface area (Å²) < 4.78 is 24.6. The fourth-order valence-electron chi connectivity index (χ4n) is 4.79. The van der Waals surface area contributed by atoms with Gasteiger partial charge < -0.3 is 18.3 Å². The highest BCUT2D eigenvalue weighted by Crippen LogP contribution is 2.37. The molecule has 0 saturated heterocycles.